The molecule has 17 heavy (non-hydrogen) atoms. The van der Waals surface area contributed by atoms with Gasteiger partial charge in [-0.1, -0.05) is 13.0 Å². The molecule has 4 nitrogen and oxygen atoms in total. The van der Waals surface area contributed by atoms with E-state index in [2.05, 4.69) is 38.3 Å². The van der Waals surface area contributed by atoms with Crippen molar-refractivity contribution >= 4 is 15.9 Å². The van der Waals surface area contributed by atoms with Crippen LogP contribution in [0.15, 0.2) is 35.1 Å². The molecule has 0 spiro atoms. The SMILES string of the molecule is CCNCc1cccc(Cn2cc(Br)cn2)n1. The van der Waals surface area contributed by atoms with E-state index in [9.17, 15) is 0 Å². The van der Waals surface area contributed by atoms with Gasteiger partial charge in [-0.15, -0.1) is 0 Å². The number of hydrogen-bond acceptors (Lipinski definition) is 3. The molecule has 0 unspecified atom stereocenters. The number of aromatic nitrogens is 3. The lowest BCUT2D eigenvalue weighted by Crippen LogP contribution is -2.13. The summed E-state index contributed by atoms with van der Waals surface area (Å²) < 4.78 is 2.85. The van der Waals surface area contributed by atoms with Crippen LogP contribution in [0.4, 0.5) is 0 Å². The quantitative estimate of drug-likeness (QED) is 0.919. The minimum atomic E-state index is 0.700. The van der Waals surface area contributed by atoms with Crippen LogP contribution in [-0.4, -0.2) is 21.3 Å². The van der Waals surface area contributed by atoms with Crippen molar-refractivity contribution in [3.63, 3.8) is 0 Å². The summed E-state index contributed by atoms with van der Waals surface area (Å²) in [6.45, 7) is 4.56. The molecule has 0 atom stereocenters. The lowest BCUT2D eigenvalue weighted by molar-refractivity contribution is 0.659. The Labute approximate surface area is 109 Å². The van der Waals surface area contributed by atoms with Crippen LogP contribution in [0.1, 0.15) is 18.3 Å². The highest BCUT2D eigenvalue weighted by Gasteiger charge is 2.00. The molecule has 1 N–H and O–H groups in total. The highest BCUT2D eigenvalue weighted by atomic mass is 79.9. The van der Waals surface area contributed by atoms with Crippen LogP contribution in [0.2, 0.25) is 0 Å². The Morgan fingerprint density at radius 2 is 2.18 bits per heavy atom. The standard InChI is InChI=1S/C12H15BrN4/c1-2-14-7-11-4-3-5-12(16-11)9-17-8-10(13)6-15-17/h3-6,8,14H,2,7,9H2,1H3. The zero-order valence-corrected chi connectivity index (χ0v) is 11.3. The second-order valence-electron chi connectivity index (χ2n) is 3.76. The van der Waals surface area contributed by atoms with Crippen molar-refractivity contribution in [1.29, 1.82) is 0 Å². The first kappa shape index (κ1) is 12.3. The van der Waals surface area contributed by atoms with Gasteiger partial charge in [0.1, 0.15) is 0 Å². The number of nitrogens with zero attached hydrogens (tertiary/aromatic N) is 3. The number of rotatable bonds is 5. The molecular weight excluding hydrogens is 280 g/mol. The minimum absolute atomic E-state index is 0.700. The lowest BCUT2D eigenvalue weighted by Gasteiger charge is -2.05. The maximum absolute atomic E-state index is 4.58. The van der Waals surface area contributed by atoms with E-state index < -0.39 is 0 Å². The number of hydrogen-bond donors (Lipinski definition) is 1. The number of halogens is 1. The number of pyridine rings is 1. The largest absolute Gasteiger partial charge is 0.311 e. The van der Waals surface area contributed by atoms with Gasteiger partial charge in [-0.05, 0) is 34.6 Å². The van der Waals surface area contributed by atoms with Gasteiger partial charge in [0.2, 0.25) is 0 Å². The summed E-state index contributed by atoms with van der Waals surface area (Å²) in [5.41, 5.74) is 2.09. The van der Waals surface area contributed by atoms with Crippen molar-refractivity contribution < 1.29 is 0 Å². The first-order chi connectivity index (χ1) is 8.28. The molecule has 0 saturated carbocycles. The van der Waals surface area contributed by atoms with E-state index in [0.717, 1.165) is 29.0 Å². The molecule has 0 amide bonds. The third-order valence-electron chi connectivity index (χ3n) is 2.35. The van der Waals surface area contributed by atoms with Gasteiger partial charge in [-0.3, -0.25) is 9.67 Å². The van der Waals surface area contributed by atoms with Crippen LogP contribution >= 0.6 is 15.9 Å². The molecule has 0 bridgehead atoms. The van der Waals surface area contributed by atoms with E-state index in [0.29, 0.717) is 6.54 Å². The first-order valence-corrected chi connectivity index (χ1v) is 6.40. The maximum atomic E-state index is 4.58. The van der Waals surface area contributed by atoms with Crippen molar-refractivity contribution in [3.8, 4) is 0 Å². The van der Waals surface area contributed by atoms with Crippen LogP contribution in [0.25, 0.3) is 0 Å². The molecule has 0 saturated heterocycles. The monoisotopic (exact) mass is 294 g/mol. The normalized spacial score (nSPS) is 10.7. The van der Waals surface area contributed by atoms with E-state index in [-0.39, 0.29) is 0 Å². The molecule has 5 heteroatoms. The third kappa shape index (κ3) is 3.64. The van der Waals surface area contributed by atoms with Crippen LogP contribution in [0.5, 0.6) is 0 Å². The molecule has 0 aromatic carbocycles. The van der Waals surface area contributed by atoms with E-state index in [1.807, 2.05) is 29.1 Å². The Hall–Kier alpha value is -1.20. The molecule has 2 heterocycles. The fraction of sp³-hybridized carbons (Fsp3) is 0.333. The number of nitrogens with one attached hydrogen (secondary N) is 1. The van der Waals surface area contributed by atoms with Crippen molar-refractivity contribution in [2.24, 2.45) is 0 Å². The second-order valence-corrected chi connectivity index (χ2v) is 4.67. The van der Waals surface area contributed by atoms with Gasteiger partial charge in [0, 0.05) is 12.7 Å². The van der Waals surface area contributed by atoms with Crippen LogP contribution < -0.4 is 5.32 Å². The predicted octanol–water partition coefficient (Wildman–Crippen LogP) is 2.20. The van der Waals surface area contributed by atoms with E-state index >= 15 is 0 Å². The highest BCUT2D eigenvalue weighted by Crippen LogP contribution is 2.08. The van der Waals surface area contributed by atoms with Crippen LogP contribution in [-0.2, 0) is 13.1 Å². The van der Waals surface area contributed by atoms with Crippen molar-refractivity contribution in [1.82, 2.24) is 20.1 Å². The van der Waals surface area contributed by atoms with Crippen LogP contribution in [0, 0.1) is 0 Å². The Balaban J connectivity index is 2.05. The third-order valence-corrected chi connectivity index (χ3v) is 2.76. The molecular formula is C12H15BrN4. The fourth-order valence-electron chi connectivity index (χ4n) is 1.56. The van der Waals surface area contributed by atoms with Crippen LogP contribution in [0.3, 0.4) is 0 Å². The summed E-state index contributed by atoms with van der Waals surface area (Å²) in [6, 6.07) is 6.09. The Kier molecular flexibility index (Phi) is 4.28. The Morgan fingerprint density at radius 1 is 1.35 bits per heavy atom. The predicted molar refractivity (Wildman–Crippen MR) is 70.6 cm³/mol. The summed E-state index contributed by atoms with van der Waals surface area (Å²) >= 11 is 3.38. The van der Waals surface area contributed by atoms with Crippen molar-refractivity contribution in [2.75, 3.05) is 6.54 Å². The van der Waals surface area contributed by atoms with Crippen molar-refractivity contribution in [2.45, 2.75) is 20.0 Å². The summed E-state index contributed by atoms with van der Waals surface area (Å²) in [6.07, 6.45) is 3.72. The van der Waals surface area contributed by atoms with Gasteiger partial charge in [-0.25, -0.2) is 0 Å². The van der Waals surface area contributed by atoms with Gasteiger partial charge < -0.3 is 5.32 Å². The topological polar surface area (TPSA) is 42.7 Å². The lowest BCUT2D eigenvalue weighted by atomic mass is 10.3. The smallest absolute Gasteiger partial charge is 0.0831 e. The van der Waals surface area contributed by atoms with Gasteiger partial charge in [0.05, 0.1) is 28.6 Å². The molecule has 0 aliphatic carbocycles. The van der Waals surface area contributed by atoms with Gasteiger partial charge in [-0.2, -0.15) is 5.10 Å². The average Bonchev–Trinajstić information content (AvgIpc) is 2.73. The Bertz CT molecular complexity index is 481. The average molecular weight is 295 g/mol. The summed E-state index contributed by atoms with van der Waals surface area (Å²) in [5, 5.41) is 7.48. The molecule has 0 fully saturated rings. The first-order valence-electron chi connectivity index (χ1n) is 5.61. The van der Waals surface area contributed by atoms with E-state index in [4.69, 9.17) is 0 Å². The fourth-order valence-corrected chi connectivity index (χ4v) is 1.89. The maximum Gasteiger partial charge on any atom is 0.0831 e. The summed E-state index contributed by atoms with van der Waals surface area (Å²) in [4.78, 5) is 4.58. The van der Waals surface area contributed by atoms with Gasteiger partial charge in [0.15, 0.2) is 0 Å². The van der Waals surface area contributed by atoms with Crippen molar-refractivity contribution in [3.05, 3.63) is 46.5 Å². The molecule has 2 aromatic heterocycles. The van der Waals surface area contributed by atoms with E-state index in [1.165, 1.54) is 0 Å². The zero-order chi connectivity index (χ0) is 12.1. The summed E-state index contributed by atoms with van der Waals surface area (Å²) in [5.74, 6) is 0. The molecule has 2 rings (SSSR count). The van der Waals surface area contributed by atoms with Gasteiger partial charge >= 0.3 is 0 Å². The Morgan fingerprint density at radius 3 is 2.88 bits per heavy atom. The molecule has 0 aliphatic heterocycles. The minimum Gasteiger partial charge on any atom is -0.311 e. The molecule has 0 aliphatic rings. The second kappa shape index (κ2) is 5.93. The molecule has 90 valence electrons. The molecule has 2 aromatic rings. The summed E-state index contributed by atoms with van der Waals surface area (Å²) in [7, 11) is 0. The van der Waals surface area contributed by atoms with E-state index in [1.54, 1.807) is 6.20 Å². The highest BCUT2D eigenvalue weighted by molar-refractivity contribution is 9.10. The molecule has 0 radical (unpaired) electrons. The van der Waals surface area contributed by atoms with Gasteiger partial charge in [0.25, 0.3) is 0 Å². The zero-order valence-electron chi connectivity index (χ0n) is 9.73.